The SMILES string of the molecule is Cc1csc(NN=Cc2cc(OC(C)C)cc(OC(C)C)c2)n1. The fourth-order valence-electron chi connectivity index (χ4n) is 1.92. The monoisotopic (exact) mass is 333 g/mol. The summed E-state index contributed by atoms with van der Waals surface area (Å²) in [6, 6.07) is 5.77. The molecule has 0 unspecified atom stereocenters. The molecule has 0 bridgehead atoms. The van der Waals surface area contributed by atoms with Gasteiger partial charge in [-0.15, -0.1) is 11.3 Å². The zero-order chi connectivity index (χ0) is 16.8. The molecule has 0 fully saturated rings. The number of ether oxygens (including phenoxy) is 2. The molecular formula is C17H23N3O2S. The van der Waals surface area contributed by atoms with E-state index in [1.807, 2.05) is 58.2 Å². The van der Waals surface area contributed by atoms with E-state index in [0.29, 0.717) is 0 Å². The topological polar surface area (TPSA) is 55.7 Å². The lowest BCUT2D eigenvalue weighted by Crippen LogP contribution is -2.08. The highest BCUT2D eigenvalue weighted by Gasteiger charge is 2.05. The van der Waals surface area contributed by atoms with E-state index < -0.39 is 0 Å². The molecule has 0 atom stereocenters. The van der Waals surface area contributed by atoms with E-state index in [2.05, 4.69) is 15.5 Å². The minimum atomic E-state index is 0.102. The molecule has 124 valence electrons. The second-order valence-corrected chi connectivity index (χ2v) is 6.59. The van der Waals surface area contributed by atoms with Gasteiger partial charge < -0.3 is 9.47 Å². The Morgan fingerprint density at radius 2 is 1.70 bits per heavy atom. The third-order valence-corrected chi connectivity index (χ3v) is 3.50. The predicted octanol–water partition coefficient (Wildman–Crippen LogP) is 4.47. The molecular weight excluding hydrogens is 310 g/mol. The summed E-state index contributed by atoms with van der Waals surface area (Å²) in [5.41, 5.74) is 4.81. The van der Waals surface area contributed by atoms with Crippen LogP contribution < -0.4 is 14.9 Å². The maximum absolute atomic E-state index is 5.77. The van der Waals surface area contributed by atoms with Crippen molar-refractivity contribution in [3.8, 4) is 11.5 Å². The van der Waals surface area contributed by atoms with Gasteiger partial charge in [0.1, 0.15) is 11.5 Å². The fourth-order valence-corrected chi connectivity index (χ4v) is 2.55. The van der Waals surface area contributed by atoms with Crippen molar-refractivity contribution in [3.05, 3.63) is 34.8 Å². The molecule has 6 heteroatoms. The molecule has 1 aromatic carbocycles. The molecule has 0 amide bonds. The summed E-state index contributed by atoms with van der Waals surface area (Å²) in [4.78, 5) is 4.30. The number of hydrogen-bond donors (Lipinski definition) is 1. The van der Waals surface area contributed by atoms with Crippen molar-refractivity contribution in [1.29, 1.82) is 0 Å². The van der Waals surface area contributed by atoms with E-state index in [1.54, 1.807) is 6.21 Å². The van der Waals surface area contributed by atoms with Gasteiger partial charge in [-0.1, -0.05) is 0 Å². The summed E-state index contributed by atoms with van der Waals surface area (Å²) >= 11 is 1.52. The highest BCUT2D eigenvalue weighted by molar-refractivity contribution is 7.13. The van der Waals surface area contributed by atoms with Crippen LogP contribution in [0.3, 0.4) is 0 Å². The summed E-state index contributed by atoms with van der Waals surface area (Å²) in [6.45, 7) is 9.94. The Balaban J connectivity index is 2.14. The van der Waals surface area contributed by atoms with E-state index in [-0.39, 0.29) is 12.2 Å². The van der Waals surface area contributed by atoms with Crippen molar-refractivity contribution in [3.63, 3.8) is 0 Å². The van der Waals surface area contributed by atoms with Gasteiger partial charge in [-0.3, -0.25) is 5.43 Å². The van der Waals surface area contributed by atoms with Crippen molar-refractivity contribution in [2.24, 2.45) is 5.10 Å². The van der Waals surface area contributed by atoms with Crippen LogP contribution in [0.25, 0.3) is 0 Å². The lowest BCUT2D eigenvalue weighted by molar-refractivity contribution is 0.229. The van der Waals surface area contributed by atoms with E-state index in [9.17, 15) is 0 Å². The first-order valence-corrected chi connectivity index (χ1v) is 8.50. The first-order valence-electron chi connectivity index (χ1n) is 7.62. The van der Waals surface area contributed by atoms with Crippen LogP contribution in [0, 0.1) is 6.92 Å². The number of thiazole rings is 1. The van der Waals surface area contributed by atoms with Crippen molar-refractivity contribution < 1.29 is 9.47 Å². The maximum Gasteiger partial charge on any atom is 0.203 e. The van der Waals surface area contributed by atoms with E-state index in [1.165, 1.54) is 11.3 Å². The number of benzene rings is 1. The number of anilines is 1. The summed E-state index contributed by atoms with van der Waals surface area (Å²) in [5.74, 6) is 1.54. The molecule has 0 saturated carbocycles. The zero-order valence-corrected chi connectivity index (χ0v) is 15.0. The Kier molecular flexibility index (Phi) is 5.98. The Bertz CT molecular complexity index is 637. The number of aryl methyl sites for hydroxylation is 1. The van der Waals surface area contributed by atoms with Gasteiger partial charge in [-0.2, -0.15) is 5.10 Å². The van der Waals surface area contributed by atoms with Crippen LogP contribution >= 0.6 is 11.3 Å². The lowest BCUT2D eigenvalue weighted by Gasteiger charge is -2.14. The molecule has 2 rings (SSSR count). The van der Waals surface area contributed by atoms with Crippen LogP contribution in [0.4, 0.5) is 5.13 Å². The van der Waals surface area contributed by atoms with E-state index in [0.717, 1.165) is 27.9 Å². The summed E-state index contributed by atoms with van der Waals surface area (Å²) in [5, 5.41) is 6.97. The molecule has 2 aromatic rings. The van der Waals surface area contributed by atoms with Gasteiger partial charge in [0, 0.05) is 17.0 Å². The van der Waals surface area contributed by atoms with Crippen molar-refractivity contribution in [1.82, 2.24) is 4.98 Å². The van der Waals surface area contributed by atoms with Crippen molar-refractivity contribution >= 4 is 22.7 Å². The molecule has 23 heavy (non-hydrogen) atoms. The summed E-state index contributed by atoms with van der Waals surface area (Å²) < 4.78 is 11.5. The standard InChI is InChI=1S/C17H23N3O2S/c1-11(2)21-15-6-14(7-16(8-15)22-12(3)4)9-18-20-17-19-13(5)10-23-17/h6-12H,1-5H3,(H,19,20). The second-order valence-electron chi connectivity index (χ2n) is 5.74. The molecule has 1 N–H and O–H groups in total. The van der Waals surface area contributed by atoms with Gasteiger partial charge in [0.05, 0.1) is 24.1 Å². The second kappa shape index (κ2) is 7.97. The quantitative estimate of drug-likeness (QED) is 0.600. The van der Waals surface area contributed by atoms with Gasteiger partial charge in [0.2, 0.25) is 5.13 Å². The van der Waals surface area contributed by atoms with Gasteiger partial charge in [-0.05, 0) is 46.8 Å². The van der Waals surface area contributed by atoms with Crippen LogP contribution in [0.2, 0.25) is 0 Å². The van der Waals surface area contributed by atoms with Crippen molar-refractivity contribution in [2.75, 3.05) is 5.43 Å². The summed E-state index contributed by atoms with van der Waals surface area (Å²) in [7, 11) is 0. The van der Waals surface area contributed by atoms with E-state index >= 15 is 0 Å². The van der Waals surface area contributed by atoms with Crippen LogP contribution in [0.5, 0.6) is 11.5 Å². The third kappa shape index (κ3) is 5.90. The Morgan fingerprint density at radius 1 is 1.09 bits per heavy atom. The van der Waals surface area contributed by atoms with Crippen LogP contribution in [0.15, 0.2) is 28.7 Å². The normalized spacial score (nSPS) is 11.4. The van der Waals surface area contributed by atoms with Crippen LogP contribution in [-0.4, -0.2) is 23.4 Å². The number of hydrazone groups is 1. The average molecular weight is 333 g/mol. The molecule has 0 saturated heterocycles. The van der Waals surface area contributed by atoms with Gasteiger partial charge in [0.25, 0.3) is 0 Å². The third-order valence-electron chi connectivity index (χ3n) is 2.64. The first kappa shape index (κ1) is 17.3. The molecule has 0 aliphatic rings. The minimum absolute atomic E-state index is 0.102. The summed E-state index contributed by atoms with van der Waals surface area (Å²) in [6.07, 6.45) is 1.94. The largest absolute Gasteiger partial charge is 0.491 e. The molecule has 0 spiro atoms. The Hall–Kier alpha value is -2.08. The highest BCUT2D eigenvalue weighted by atomic mass is 32.1. The van der Waals surface area contributed by atoms with Crippen LogP contribution in [0.1, 0.15) is 39.0 Å². The fraction of sp³-hybridized carbons (Fsp3) is 0.412. The average Bonchev–Trinajstić information content (AvgIpc) is 2.82. The van der Waals surface area contributed by atoms with Gasteiger partial charge >= 0.3 is 0 Å². The number of hydrogen-bond acceptors (Lipinski definition) is 6. The highest BCUT2D eigenvalue weighted by Crippen LogP contribution is 2.24. The van der Waals surface area contributed by atoms with Gasteiger partial charge in [-0.25, -0.2) is 4.98 Å². The van der Waals surface area contributed by atoms with Crippen molar-refractivity contribution in [2.45, 2.75) is 46.8 Å². The number of nitrogens with zero attached hydrogens (tertiary/aromatic N) is 2. The molecule has 1 heterocycles. The smallest absolute Gasteiger partial charge is 0.203 e. The molecule has 0 aliphatic carbocycles. The molecule has 0 radical (unpaired) electrons. The Morgan fingerprint density at radius 3 is 2.17 bits per heavy atom. The number of nitrogens with one attached hydrogen (secondary N) is 1. The predicted molar refractivity (Wildman–Crippen MR) is 96.0 cm³/mol. The number of aromatic nitrogens is 1. The molecule has 0 aliphatic heterocycles. The van der Waals surface area contributed by atoms with Gasteiger partial charge in [0.15, 0.2) is 0 Å². The number of rotatable bonds is 7. The molecule has 5 nitrogen and oxygen atoms in total. The maximum atomic E-state index is 5.77. The molecule has 1 aromatic heterocycles. The minimum Gasteiger partial charge on any atom is -0.491 e. The Labute approximate surface area is 141 Å². The van der Waals surface area contributed by atoms with Crippen LogP contribution in [-0.2, 0) is 0 Å². The first-order chi connectivity index (χ1) is 10.9. The lowest BCUT2D eigenvalue weighted by atomic mass is 10.2. The van der Waals surface area contributed by atoms with E-state index in [4.69, 9.17) is 9.47 Å². The zero-order valence-electron chi connectivity index (χ0n) is 14.2.